The van der Waals surface area contributed by atoms with E-state index in [4.69, 9.17) is 17.9 Å². The van der Waals surface area contributed by atoms with Gasteiger partial charge in [0.25, 0.3) is 0 Å². The lowest BCUT2D eigenvalue weighted by Gasteiger charge is -2.37. The Morgan fingerprint density at radius 2 is 1.88 bits per heavy atom. The van der Waals surface area contributed by atoms with E-state index < -0.39 is 6.75 Å². The van der Waals surface area contributed by atoms with Crippen LogP contribution in [0.5, 0.6) is 11.5 Å². The van der Waals surface area contributed by atoms with Gasteiger partial charge < -0.3 is 20.1 Å². The molecule has 2 N–H and O–H groups in total. The van der Waals surface area contributed by atoms with Crippen LogP contribution < -0.4 is 20.1 Å². The van der Waals surface area contributed by atoms with Crippen molar-refractivity contribution in [1.29, 1.82) is 0 Å². The van der Waals surface area contributed by atoms with Gasteiger partial charge in [-0.3, -0.25) is 4.90 Å². The fourth-order valence-electron chi connectivity index (χ4n) is 4.10. The van der Waals surface area contributed by atoms with Crippen molar-refractivity contribution in [2.45, 2.75) is 38.1 Å². The minimum atomic E-state index is -2.07. The van der Waals surface area contributed by atoms with E-state index in [9.17, 15) is 0 Å². The summed E-state index contributed by atoms with van der Waals surface area (Å²) >= 11 is 0. The van der Waals surface area contributed by atoms with Gasteiger partial charge in [-0.05, 0) is 56.7 Å². The highest BCUT2D eigenvalue weighted by Crippen LogP contribution is 2.41. The van der Waals surface area contributed by atoms with Crippen LogP contribution in [0.2, 0.25) is 0 Å². The van der Waals surface area contributed by atoms with Gasteiger partial charge in [-0.25, -0.2) is 0 Å². The largest absolute Gasteiger partial charge is 0.454 e. The van der Waals surface area contributed by atoms with Gasteiger partial charge >= 0.3 is 0 Å². The average molecular weight is 333 g/mol. The van der Waals surface area contributed by atoms with E-state index >= 15 is 0 Å². The van der Waals surface area contributed by atoms with E-state index in [1.54, 1.807) is 6.07 Å². The lowest BCUT2D eigenvalue weighted by molar-refractivity contribution is 0.173. The third kappa shape index (κ3) is 3.47. The molecule has 3 aliphatic rings. The Balaban J connectivity index is 1.29. The van der Waals surface area contributed by atoms with Gasteiger partial charge in [0.05, 0.1) is 5.69 Å². The molecule has 2 heterocycles. The third-order valence-corrected chi connectivity index (χ3v) is 5.71. The molecular formula is C19H29N3O2. The zero-order valence-corrected chi connectivity index (χ0v) is 14.2. The van der Waals surface area contributed by atoms with Crippen LogP contribution in [0.25, 0.3) is 0 Å². The molecule has 0 radical (unpaired) electrons. The first kappa shape index (κ1) is 13.8. The fraction of sp³-hybridized carbons (Fsp3) is 0.684. The molecule has 1 aromatic rings. The number of benzene rings is 1. The van der Waals surface area contributed by atoms with Crippen LogP contribution in [0.3, 0.4) is 0 Å². The molecule has 1 aromatic carbocycles. The summed E-state index contributed by atoms with van der Waals surface area (Å²) in [5.74, 6) is 1.87. The number of para-hydroxylation sites is 1. The number of anilines is 1. The number of hydrogen-bond acceptors (Lipinski definition) is 5. The van der Waals surface area contributed by atoms with Crippen LogP contribution in [0.1, 0.15) is 34.8 Å². The molecule has 24 heavy (non-hydrogen) atoms. The monoisotopic (exact) mass is 333 g/mol. The highest BCUT2D eigenvalue weighted by molar-refractivity contribution is 5.65. The van der Waals surface area contributed by atoms with E-state index in [1.165, 1.54) is 38.6 Å². The SMILES string of the molecule is [2H]C1([2H])Oc2cccc(N3CCN(CC[C@H]4CC[C@H](N)CC4)CC3)c2O1. The van der Waals surface area contributed by atoms with Crippen molar-refractivity contribution in [3.63, 3.8) is 0 Å². The van der Waals surface area contributed by atoms with Crippen molar-refractivity contribution in [2.24, 2.45) is 11.7 Å². The van der Waals surface area contributed by atoms with Gasteiger partial charge in [-0.15, -0.1) is 0 Å². The third-order valence-electron chi connectivity index (χ3n) is 5.71. The van der Waals surface area contributed by atoms with Gasteiger partial charge in [-0.1, -0.05) is 6.07 Å². The minimum absolute atomic E-state index is 0.430. The second kappa shape index (κ2) is 7.19. The molecule has 0 atom stereocenters. The summed E-state index contributed by atoms with van der Waals surface area (Å²) in [7, 11) is 0. The molecule has 132 valence electrons. The molecule has 5 heteroatoms. The van der Waals surface area contributed by atoms with Gasteiger partial charge in [0, 0.05) is 32.2 Å². The zero-order chi connectivity index (χ0) is 18.1. The maximum atomic E-state index is 7.67. The van der Waals surface area contributed by atoms with E-state index in [2.05, 4.69) is 9.80 Å². The fourth-order valence-corrected chi connectivity index (χ4v) is 4.10. The normalized spacial score (nSPS) is 30.8. The maximum absolute atomic E-state index is 7.67. The molecule has 0 bridgehead atoms. The highest BCUT2D eigenvalue weighted by Gasteiger charge is 2.25. The Bertz CT molecular complexity index is 627. The number of nitrogens with zero attached hydrogens (tertiary/aromatic N) is 2. The van der Waals surface area contributed by atoms with Gasteiger partial charge in [-0.2, -0.15) is 0 Å². The molecule has 0 amide bonds. The molecule has 1 aliphatic carbocycles. The molecule has 5 nitrogen and oxygen atoms in total. The second-order valence-corrected chi connectivity index (χ2v) is 7.29. The molecule has 0 spiro atoms. The molecule has 2 fully saturated rings. The summed E-state index contributed by atoms with van der Waals surface area (Å²) in [4.78, 5) is 4.82. The Morgan fingerprint density at radius 1 is 1.08 bits per heavy atom. The number of piperazine rings is 1. The van der Waals surface area contributed by atoms with Gasteiger partial charge in [0.15, 0.2) is 11.5 Å². The lowest BCUT2D eigenvalue weighted by atomic mass is 9.84. The smallest absolute Gasteiger partial charge is 0.231 e. The van der Waals surface area contributed by atoms with Crippen LogP contribution in [-0.4, -0.2) is 50.4 Å². The first-order chi connectivity index (χ1) is 12.5. The van der Waals surface area contributed by atoms with E-state index in [-0.39, 0.29) is 0 Å². The number of fused-ring (bicyclic) bond motifs is 1. The zero-order valence-electron chi connectivity index (χ0n) is 16.2. The quantitative estimate of drug-likeness (QED) is 0.917. The first-order valence-electron chi connectivity index (χ1n) is 10.2. The predicted molar refractivity (Wildman–Crippen MR) is 95.8 cm³/mol. The standard InChI is InChI=1S/C19H29N3O2/c20-16-6-4-15(5-7-16)8-9-21-10-12-22(13-11-21)17-2-1-3-18-19(17)24-14-23-18/h1-3,15-16H,4-14,20H2/t15-,16-/i14D2. The van der Waals surface area contributed by atoms with Gasteiger partial charge in [0.2, 0.25) is 6.75 Å². The van der Waals surface area contributed by atoms with Crippen molar-refractivity contribution in [3.8, 4) is 11.5 Å². The summed E-state index contributed by atoms with van der Waals surface area (Å²) in [6, 6.07) is 6.08. The highest BCUT2D eigenvalue weighted by atomic mass is 16.7. The van der Waals surface area contributed by atoms with Crippen molar-refractivity contribution < 1.29 is 12.2 Å². The molecule has 1 saturated heterocycles. The van der Waals surface area contributed by atoms with Crippen molar-refractivity contribution in [3.05, 3.63) is 18.2 Å². The first-order valence-corrected chi connectivity index (χ1v) is 9.24. The summed E-state index contributed by atoms with van der Waals surface area (Å²) in [5.41, 5.74) is 6.94. The molecule has 0 aromatic heterocycles. The molecule has 2 aliphatic heterocycles. The number of hydrogen-bond donors (Lipinski definition) is 1. The van der Waals surface area contributed by atoms with Crippen molar-refractivity contribution in [2.75, 3.05) is 44.4 Å². The number of ether oxygens (including phenoxy) is 2. The van der Waals surface area contributed by atoms with E-state index in [0.717, 1.165) is 37.8 Å². The Kier molecular flexibility index (Phi) is 4.13. The summed E-state index contributed by atoms with van der Waals surface area (Å²) < 4.78 is 25.9. The summed E-state index contributed by atoms with van der Waals surface area (Å²) in [5, 5.41) is 0. The van der Waals surface area contributed by atoms with E-state index in [1.807, 2.05) is 12.1 Å². The topological polar surface area (TPSA) is 51.0 Å². The minimum Gasteiger partial charge on any atom is -0.454 e. The van der Waals surface area contributed by atoms with Crippen LogP contribution in [0, 0.1) is 5.92 Å². The molecule has 0 unspecified atom stereocenters. The van der Waals surface area contributed by atoms with Crippen molar-refractivity contribution >= 4 is 5.69 Å². The van der Waals surface area contributed by atoms with Crippen LogP contribution in [0.4, 0.5) is 5.69 Å². The average Bonchev–Trinajstić information content (AvgIpc) is 2.95. The van der Waals surface area contributed by atoms with Crippen LogP contribution in [0.15, 0.2) is 18.2 Å². The maximum Gasteiger partial charge on any atom is 0.231 e. The second-order valence-electron chi connectivity index (χ2n) is 7.29. The number of nitrogens with two attached hydrogens (primary N) is 1. The Labute approximate surface area is 147 Å². The predicted octanol–water partition coefficient (Wildman–Crippen LogP) is 2.44. The molecule has 4 rings (SSSR count). The van der Waals surface area contributed by atoms with Crippen molar-refractivity contribution in [1.82, 2.24) is 4.90 Å². The van der Waals surface area contributed by atoms with Crippen LogP contribution in [-0.2, 0) is 0 Å². The van der Waals surface area contributed by atoms with Gasteiger partial charge in [0.1, 0.15) is 2.74 Å². The lowest BCUT2D eigenvalue weighted by Crippen LogP contribution is -2.47. The Morgan fingerprint density at radius 3 is 2.67 bits per heavy atom. The van der Waals surface area contributed by atoms with E-state index in [0.29, 0.717) is 17.5 Å². The Hall–Kier alpha value is -1.46. The summed E-state index contributed by atoms with van der Waals surface area (Å²) in [6.07, 6.45) is 6.23. The molecular weight excluding hydrogens is 302 g/mol. The summed E-state index contributed by atoms with van der Waals surface area (Å²) in [6.45, 7) is 3.02. The van der Waals surface area contributed by atoms with Crippen LogP contribution >= 0.6 is 0 Å². The number of rotatable bonds is 4. The molecule has 1 saturated carbocycles.